The van der Waals surface area contributed by atoms with Gasteiger partial charge in [-0.2, -0.15) is 4.31 Å². The minimum atomic E-state index is -3.46. The van der Waals surface area contributed by atoms with E-state index in [9.17, 15) is 13.2 Å². The molecule has 0 spiro atoms. The number of carbonyl (C=O) groups is 1. The van der Waals surface area contributed by atoms with Crippen LogP contribution in [0.15, 0.2) is 64.0 Å². The van der Waals surface area contributed by atoms with Gasteiger partial charge in [-0.05, 0) is 53.8 Å². The van der Waals surface area contributed by atoms with Crippen LogP contribution >= 0.6 is 15.9 Å². The molecule has 1 aliphatic heterocycles. The lowest BCUT2D eigenvalue weighted by Gasteiger charge is -2.16. The van der Waals surface area contributed by atoms with Crippen molar-refractivity contribution >= 4 is 37.4 Å². The monoisotopic (exact) mass is 434 g/mol. The van der Waals surface area contributed by atoms with Gasteiger partial charge in [0.05, 0.1) is 4.90 Å². The number of hydrogen-bond acceptors (Lipinski definition) is 3. The fraction of sp³-hybridized carbons (Fsp3) is 0.211. The minimum absolute atomic E-state index is 0.261. The molecular weight excluding hydrogens is 416 g/mol. The predicted octanol–water partition coefficient (Wildman–Crippen LogP) is 3.15. The van der Waals surface area contributed by atoms with Crippen molar-refractivity contribution in [3.05, 3.63) is 70.2 Å². The normalized spacial score (nSPS) is 16.0. The van der Waals surface area contributed by atoms with E-state index in [0.717, 1.165) is 28.4 Å². The fourth-order valence-corrected chi connectivity index (χ4v) is 4.77. The Morgan fingerprint density at radius 3 is 1.96 bits per heavy atom. The molecule has 0 saturated carbocycles. The Kier molecular flexibility index (Phi) is 5.60. The zero-order valence-electron chi connectivity index (χ0n) is 14.1. The molecule has 0 bridgehead atoms. The number of hydrogen-bond donors (Lipinski definition) is 1. The molecule has 0 aliphatic carbocycles. The summed E-state index contributed by atoms with van der Waals surface area (Å²) in [5.41, 5.74) is 7.55. The van der Waals surface area contributed by atoms with Gasteiger partial charge in [0.15, 0.2) is 0 Å². The smallest absolute Gasteiger partial charge is 0.243 e. The van der Waals surface area contributed by atoms with Crippen LogP contribution in [0, 0.1) is 0 Å². The molecule has 0 aromatic heterocycles. The Morgan fingerprint density at radius 2 is 1.46 bits per heavy atom. The summed E-state index contributed by atoms with van der Waals surface area (Å²) in [5, 5.41) is 0. The number of rotatable bonds is 5. The second-order valence-electron chi connectivity index (χ2n) is 6.10. The molecule has 1 aliphatic rings. The van der Waals surface area contributed by atoms with Crippen molar-refractivity contribution in [3.8, 4) is 0 Å². The van der Waals surface area contributed by atoms with Crippen molar-refractivity contribution in [2.24, 2.45) is 5.73 Å². The van der Waals surface area contributed by atoms with Gasteiger partial charge in [-0.25, -0.2) is 8.42 Å². The number of benzene rings is 2. The number of halogens is 1. The third kappa shape index (κ3) is 4.06. The van der Waals surface area contributed by atoms with Crippen LogP contribution in [-0.2, 0) is 14.8 Å². The van der Waals surface area contributed by atoms with E-state index in [1.807, 2.05) is 24.3 Å². The Bertz CT molecular complexity index is 930. The van der Waals surface area contributed by atoms with E-state index in [1.54, 1.807) is 24.3 Å². The number of nitrogens with two attached hydrogens (primary N) is 1. The van der Waals surface area contributed by atoms with Crippen molar-refractivity contribution in [2.75, 3.05) is 13.1 Å². The largest absolute Gasteiger partial charge is 0.366 e. The van der Waals surface area contributed by atoms with Crippen LogP contribution in [0.2, 0.25) is 0 Å². The van der Waals surface area contributed by atoms with Crippen LogP contribution in [0.5, 0.6) is 0 Å². The molecule has 3 rings (SSSR count). The Morgan fingerprint density at radius 1 is 0.962 bits per heavy atom. The van der Waals surface area contributed by atoms with Gasteiger partial charge in [0, 0.05) is 23.6 Å². The molecule has 136 valence electrons. The van der Waals surface area contributed by atoms with Gasteiger partial charge in [0.1, 0.15) is 0 Å². The molecule has 26 heavy (non-hydrogen) atoms. The summed E-state index contributed by atoms with van der Waals surface area (Å²) in [7, 11) is -3.46. The number of nitrogens with zero attached hydrogens (tertiary/aromatic N) is 1. The zero-order valence-corrected chi connectivity index (χ0v) is 16.5. The first-order valence-electron chi connectivity index (χ1n) is 8.25. The third-order valence-corrected chi connectivity index (χ3v) is 6.75. The van der Waals surface area contributed by atoms with Crippen molar-refractivity contribution < 1.29 is 13.2 Å². The molecule has 2 aromatic rings. The summed E-state index contributed by atoms with van der Waals surface area (Å²) >= 11 is 3.38. The van der Waals surface area contributed by atoms with Crippen molar-refractivity contribution in [3.63, 3.8) is 0 Å². The highest BCUT2D eigenvalue weighted by Crippen LogP contribution is 2.27. The number of carbonyl (C=O) groups excluding carboxylic acids is 1. The SMILES string of the molecule is NC(=O)C=C(c1ccc(Br)cc1)c1ccc(S(=O)(=O)N2CCCC2)cc1. The molecule has 1 fully saturated rings. The van der Waals surface area contributed by atoms with E-state index >= 15 is 0 Å². The molecule has 7 heteroatoms. The van der Waals surface area contributed by atoms with Gasteiger partial charge in [-0.1, -0.05) is 40.2 Å². The van der Waals surface area contributed by atoms with E-state index < -0.39 is 15.9 Å². The first-order chi connectivity index (χ1) is 12.4. The maximum Gasteiger partial charge on any atom is 0.243 e. The van der Waals surface area contributed by atoms with Gasteiger partial charge in [-0.15, -0.1) is 0 Å². The van der Waals surface area contributed by atoms with Crippen LogP contribution < -0.4 is 5.73 Å². The van der Waals surface area contributed by atoms with Gasteiger partial charge in [0.25, 0.3) is 0 Å². The lowest BCUT2D eigenvalue weighted by atomic mass is 9.97. The lowest BCUT2D eigenvalue weighted by Crippen LogP contribution is -2.27. The van der Waals surface area contributed by atoms with Gasteiger partial charge >= 0.3 is 0 Å². The highest BCUT2D eigenvalue weighted by Gasteiger charge is 2.27. The van der Waals surface area contributed by atoms with Crippen molar-refractivity contribution in [1.82, 2.24) is 4.31 Å². The number of primary amides is 1. The zero-order chi connectivity index (χ0) is 18.7. The van der Waals surface area contributed by atoms with Gasteiger partial charge in [-0.3, -0.25) is 4.79 Å². The standard InChI is InChI=1S/C19H19BrN2O3S/c20-16-7-3-14(4-8-16)18(13-19(21)23)15-5-9-17(10-6-15)26(24,25)22-11-1-2-12-22/h3-10,13H,1-2,11-12H2,(H2,21,23). The molecule has 0 atom stereocenters. The first-order valence-corrected chi connectivity index (χ1v) is 10.5. The van der Waals surface area contributed by atoms with Crippen LogP contribution in [0.1, 0.15) is 24.0 Å². The van der Waals surface area contributed by atoms with E-state index in [-0.39, 0.29) is 4.90 Å². The number of amides is 1. The van der Waals surface area contributed by atoms with Crippen LogP contribution in [0.25, 0.3) is 5.57 Å². The minimum Gasteiger partial charge on any atom is -0.366 e. The van der Waals surface area contributed by atoms with Crippen LogP contribution in [-0.4, -0.2) is 31.7 Å². The first kappa shape index (κ1) is 18.8. The summed E-state index contributed by atoms with van der Waals surface area (Å²) in [6.07, 6.45) is 3.14. The van der Waals surface area contributed by atoms with E-state index in [0.29, 0.717) is 18.7 Å². The Balaban J connectivity index is 1.96. The summed E-state index contributed by atoms with van der Waals surface area (Å²) in [5.74, 6) is -0.559. The highest BCUT2D eigenvalue weighted by atomic mass is 79.9. The van der Waals surface area contributed by atoms with Crippen molar-refractivity contribution in [1.29, 1.82) is 0 Å². The molecule has 1 amide bonds. The second kappa shape index (κ2) is 7.73. The predicted molar refractivity (Wildman–Crippen MR) is 105 cm³/mol. The highest BCUT2D eigenvalue weighted by molar-refractivity contribution is 9.10. The third-order valence-electron chi connectivity index (χ3n) is 4.31. The lowest BCUT2D eigenvalue weighted by molar-refractivity contribution is -0.113. The second-order valence-corrected chi connectivity index (χ2v) is 8.96. The van der Waals surface area contributed by atoms with E-state index in [2.05, 4.69) is 15.9 Å². The molecule has 2 N–H and O–H groups in total. The molecular formula is C19H19BrN2O3S. The quantitative estimate of drug-likeness (QED) is 0.733. The number of sulfonamides is 1. The topological polar surface area (TPSA) is 80.5 Å². The van der Waals surface area contributed by atoms with Gasteiger partial charge in [0.2, 0.25) is 15.9 Å². The molecule has 0 radical (unpaired) electrons. The molecule has 5 nitrogen and oxygen atoms in total. The van der Waals surface area contributed by atoms with E-state index in [1.165, 1.54) is 10.4 Å². The van der Waals surface area contributed by atoms with Crippen molar-refractivity contribution in [2.45, 2.75) is 17.7 Å². The molecule has 1 heterocycles. The van der Waals surface area contributed by atoms with Crippen LogP contribution in [0.3, 0.4) is 0 Å². The van der Waals surface area contributed by atoms with Crippen LogP contribution in [0.4, 0.5) is 0 Å². The molecule has 2 aromatic carbocycles. The van der Waals surface area contributed by atoms with E-state index in [4.69, 9.17) is 5.73 Å². The summed E-state index contributed by atoms with van der Waals surface area (Å²) in [4.78, 5) is 11.7. The average molecular weight is 435 g/mol. The fourth-order valence-electron chi connectivity index (χ4n) is 2.99. The maximum absolute atomic E-state index is 12.6. The molecule has 1 saturated heterocycles. The Hall–Kier alpha value is -1.96. The summed E-state index contributed by atoms with van der Waals surface area (Å²) in [6.45, 7) is 1.13. The molecule has 0 unspecified atom stereocenters. The van der Waals surface area contributed by atoms with Gasteiger partial charge < -0.3 is 5.73 Å². The summed E-state index contributed by atoms with van der Waals surface area (Å²) < 4.78 is 27.7. The maximum atomic E-state index is 12.6. The summed E-state index contributed by atoms with van der Waals surface area (Å²) in [6, 6.07) is 14.1. The average Bonchev–Trinajstić information content (AvgIpc) is 3.16. The Labute approximate surface area is 161 Å².